The molecule has 1 aliphatic heterocycles. The monoisotopic (exact) mass is 338 g/mol. The molecule has 0 N–H and O–H groups in total. The molecule has 0 aliphatic carbocycles. The van der Waals surface area contributed by atoms with Crippen molar-refractivity contribution < 1.29 is 37.5 Å². The van der Waals surface area contributed by atoms with Crippen LogP contribution in [0.25, 0.3) is 0 Å². The maximum Gasteiger partial charge on any atom is 0.246 e. The van der Waals surface area contributed by atoms with E-state index in [1.807, 2.05) is 48.5 Å². The van der Waals surface area contributed by atoms with Gasteiger partial charge in [-0.05, 0) is 5.56 Å². The molecule has 2 aromatic rings. The molecule has 0 fully saturated rings. The van der Waals surface area contributed by atoms with E-state index in [0.29, 0.717) is 0 Å². The van der Waals surface area contributed by atoms with Crippen LogP contribution >= 0.6 is 0 Å². The second-order valence-electron chi connectivity index (χ2n) is 4.43. The predicted octanol–water partition coefficient (Wildman–Crippen LogP) is 2.30. The van der Waals surface area contributed by atoms with Crippen LogP contribution in [0.2, 0.25) is 0 Å². The summed E-state index contributed by atoms with van der Waals surface area (Å²) in [6, 6.07) is 18.6. The van der Waals surface area contributed by atoms with Crippen molar-refractivity contribution in [2.45, 2.75) is 0 Å². The van der Waals surface area contributed by atoms with Gasteiger partial charge >= 0.3 is 0 Å². The Labute approximate surface area is 143 Å². The van der Waals surface area contributed by atoms with E-state index in [2.05, 4.69) is 11.1 Å². The van der Waals surface area contributed by atoms with Crippen LogP contribution in [0.4, 0.5) is 5.69 Å². The normalized spacial score (nSPS) is 13.9. The Morgan fingerprint density at radius 3 is 2.70 bits per heavy atom. The first-order valence-corrected chi connectivity index (χ1v) is 6.14. The van der Waals surface area contributed by atoms with Crippen molar-refractivity contribution >= 4 is 17.3 Å². The molecule has 0 saturated heterocycles. The van der Waals surface area contributed by atoms with Crippen LogP contribution in [0, 0.1) is 6.07 Å². The summed E-state index contributed by atoms with van der Waals surface area (Å²) in [6.07, 6.45) is 0. The maximum atomic E-state index is 12.0. The topological polar surface area (TPSA) is 32.7 Å². The Hall–Kier alpha value is -1.32. The van der Waals surface area contributed by atoms with Gasteiger partial charge in [0.2, 0.25) is 5.91 Å². The van der Waals surface area contributed by atoms with Gasteiger partial charge in [-0.3, -0.25) is 9.79 Å². The Morgan fingerprint density at radius 1 is 1.20 bits per heavy atom. The van der Waals surface area contributed by atoms with Crippen molar-refractivity contribution in [1.29, 1.82) is 0 Å². The number of carbonyl (C=O) groups excluding carboxylic acids is 1. The van der Waals surface area contributed by atoms with Gasteiger partial charge in [0.05, 0.1) is 0 Å². The number of carbonyl (C=O) groups is 1. The molecule has 0 aromatic heterocycles. The van der Waals surface area contributed by atoms with Crippen LogP contribution in [0.5, 0.6) is 0 Å². The third-order valence-corrected chi connectivity index (χ3v) is 3.25. The Kier molecular flexibility index (Phi) is 4.84. The molecule has 3 nitrogen and oxygen atoms in total. The number of aliphatic imine (C=N–C) groups is 1. The number of anilines is 1. The zero-order chi connectivity index (χ0) is 13.2. The average Bonchev–Trinajstić information content (AvgIpc) is 2.59. The van der Waals surface area contributed by atoms with E-state index in [1.165, 1.54) is 0 Å². The van der Waals surface area contributed by atoms with Crippen LogP contribution in [0.1, 0.15) is 11.1 Å². The van der Waals surface area contributed by atoms with E-state index in [9.17, 15) is 4.79 Å². The van der Waals surface area contributed by atoms with Crippen molar-refractivity contribution in [2.24, 2.45) is 4.99 Å². The molecule has 0 bridgehead atoms. The summed E-state index contributed by atoms with van der Waals surface area (Å²) < 4.78 is 0. The van der Waals surface area contributed by atoms with Crippen LogP contribution in [-0.2, 0) is 37.5 Å². The summed E-state index contributed by atoms with van der Waals surface area (Å²) in [5, 5.41) is 0. The fraction of sp³-hybridized carbons (Fsp3) is 0.125. The zero-order valence-electron chi connectivity index (χ0n) is 11.2. The van der Waals surface area contributed by atoms with Gasteiger partial charge in [0.1, 0.15) is 6.54 Å². The van der Waals surface area contributed by atoms with Crippen LogP contribution in [-0.4, -0.2) is 25.2 Å². The van der Waals surface area contributed by atoms with E-state index in [-0.39, 0.29) is 45.2 Å². The first-order valence-electron chi connectivity index (χ1n) is 6.14. The standard InChI is InChI=1S/C16H13N2O.Y/c1-18-14-10-6-5-9-13(14)16(17-11-15(18)19)12-7-3-2-4-8-12;/h2-4,6-10H,11H2,1H3;/q-1;. The minimum Gasteiger partial charge on any atom is -0.337 e. The van der Waals surface area contributed by atoms with E-state index < -0.39 is 0 Å². The summed E-state index contributed by atoms with van der Waals surface area (Å²) in [6.45, 7) is 0.176. The number of benzene rings is 2. The van der Waals surface area contributed by atoms with Crippen molar-refractivity contribution in [3.8, 4) is 0 Å². The van der Waals surface area contributed by atoms with Gasteiger partial charge in [-0.15, -0.1) is 6.07 Å². The minimum atomic E-state index is -0.00150. The Balaban J connectivity index is 0.00000147. The largest absolute Gasteiger partial charge is 0.337 e. The predicted molar refractivity (Wildman–Crippen MR) is 75.6 cm³/mol. The number of likely N-dealkylation sites (N-methyl/N-ethyl adjacent to an activating group) is 1. The summed E-state index contributed by atoms with van der Waals surface area (Å²) in [5.74, 6) is -0.00150. The van der Waals surface area contributed by atoms with E-state index in [4.69, 9.17) is 0 Å². The number of amides is 1. The molecule has 20 heavy (non-hydrogen) atoms. The van der Waals surface area contributed by atoms with E-state index >= 15 is 0 Å². The van der Waals surface area contributed by atoms with Crippen LogP contribution < -0.4 is 4.90 Å². The Morgan fingerprint density at radius 2 is 1.95 bits per heavy atom. The number of hydrogen-bond donors (Lipinski definition) is 0. The molecule has 1 amide bonds. The van der Waals surface area contributed by atoms with E-state index in [1.54, 1.807) is 11.9 Å². The second-order valence-corrected chi connectivity index (χ2v) is 4.43. The molecule has 3 rings (SSSR count). The average molecular weight is 338 g/mol. The van der Waals surface area contributed by atoms with Crippen molar-refractivity contribution in [3.05, 3.63) is 65.7 Å². The Bertz CT molecular complexity index is 653. The smallest absolute Gasteiger partial charge is 0.246 e. The quantitative estimate of drug-likeness (QED) is 0.735. The molecule has 1 radical (unpaired) electrons. The van der Waals surface area contributed by atoms with Gasteiger partial charge < -0.3 is 4.90 Å². The van der Waals surface area contributed by atoms with Crippen LogP contribution in [0.3, 0.4) is 0 Å². The van der Waals surface area contributed by atoms with Gasteiger partial charge in [-0.25, -0.2) is 0 Å². The number of fused-ring (bicyclic) bond motifs is 1. The molecule has 2 aromatic carbocycles. The summed E-state index contributed by atoms with van der Waals surface area (Å²) in [7, 11) is 1.78. The van der Waals surface area contributed by atoms with Crippen molar-refractivity contribution in [3.63, 3.8) is 0 Å². The first-order chi connectivity index (χ1) is 9.27. The van der Waals surface area contributed by atoms with Gasteiger partial charge in [-0.2, -0.15) is 18.2 Å². The molecule has 0 saturated carbocycles. The fourth-order valence-corrected chi connectivity index (χ4v) is 2.22. The number of rotatable bonds is 1. The molecule has 1 aliphatic rings. The number of hydrogen-bond acceptors (Lipinski definition) is 2. The summed E-state index contributed by atoms with van der Waals surface area (Å²) >= 11 is 0. The molecule has 0 unspecified atom stereocenters. The van der Waals surface area contributed by atoms with E-state index in [0.717, 1.165) is 22.5 Å². The van der Waals surface area contributed by atoms with Crippen LogP contribution in [0.15, 0.2) is 53.5 Å². The van der Waals surface area contributed by atoms with Gasteiger partial charge in [0, 0.05) is 45.5 Å². The zero-order valence-corrected chi connectivity index (χ0v) is 14.0. The molecular weight excluding hydrogens is 325 g/mol. The molecule has 0 spiro atoms. The van der Waals surface area contributed by atoms with Gasteiger partial charge in [-0.1, -0.05) is 41.6 Å². The number of nitrogens with zero attached hydrogens (tertiary/aromatic N) is 2. The fourth-order valence-electron chi connectivity index (χ4n) is 2.22. The third kappa shape index (κ3) is 2.74. The molecule has 1 heterocycles. The molecule has 4 heteroatoms. The molecule has 97 valence electrons. The summed E-state index contributed by atoms with van der Waals surface area (Å²) in [5.41, 5.74) is 3.70. The SMILES string of the molecule is CN1C(=O)CN=C(c2ccccc2)c2c[c-]ccc21.[Y]. The van der Waals surface area contributed by atoms with Crippen molar-refractivity contribution in [1.82, 2.24) is 0 Å². The van der Waals surface area contributed by atoms with Gasteiger partial charge in [0.25, 0.3) is 0 Å². The summed E-state index contributed by atoms with van der Waals surface area (Å²) in [4.78, 5) is 18.1. The first kappa shape index (κ1) is 15.1. The minimum absolute atomic E-state index is 0. The number of benzodiazepines with no additional fused rings is 1. The maximum absolute atomic E-state index is 12.0. The molecule has 0 atom stereocenters. The second kappa shape index (κ2) is 6.42. The third-order valence-electron chi connectivity index (χ3n) is 3.25. The molecular formula is C16H13N2OY-. The van der Waals surface area contributed by atoms with Gasteiger partial charge in [0.15, 0.2) is 0 Å². The van der Waals surface area contributed by atoms with Crippen molar-refractivity contribution in [2.75, 3.05) is 18.5 Å².